The van der Waals surface area contributed by atoms with E-state index in [1.54, 1.807) is 0 Å². The van der Waals surface area contributed by atoms with Gasteiger partial charge in [-0.15, -0.1) is 0 Å². The van der Waals surface area contributed by atoms with Crippen LogP contribution in [0.1, 0.15) is 48.9 Å². The zero-order chi connectivity index (χ0) is 29.8. The summed E-state index contributed by atoms with van der Waals surface area (Å²) in [6, 6.07) is 6.55. The smallest absolute Gasteiger partial charge is 0.338 e. The number of rotatable bonds is 8. The van der Waals surface area contributed by atoms with Gasteiger partial charge in [0.15, 0.2) is 11.6 Å². The van der Waals surface area contributed by atoms with Crippen molar-refractivity contribution in [3.05, 3.63) is 76.8 Å². The molecule has 1 aliphatic carbocycles. The summed E-state index contributed by atoms with van der Waals surface area (Å²) in [4.78, 5) is 47.2. The molecule has 2 fully saturated rings. The van der Waals surface area contributed by atoms with Gasteiger partial charge in [0.1, 0.15) is 6.04 Å². The van der Waals surface area contributed by atoms with E-state index in [0.717, 1.165) is 68.6 Å². The second kappa shape index (κ2) is 13.0. The minimum atomic E-state index is -1.36. The molecule has 0 unspecified atom stereocenters. The van der Waals surface area contributed by atoms with E-state index >= 15 is 0 Å². The first-order valence-electron chi connectivity index (χ1n) is 14.1. The summed E-state index contributed by atoms with van der Waals surface area (Å²) in [6.07, 6.45) is 6.22. The topological polar surface area (TPSA) is 113 Å². The fourth-order valence-electron chi connectivity index (χ4n) is 6.19. The van der Waals surface area contributed by atoms with Gasteiger partial charge in [0.05, 0.1) is 25.0 Å². The number of methoxy groups -OCH3 is 2. The Hall–Kier alpha value is -3.90. The maximum atomic E-state index is 14.3. The van der Waals surface area contributed by atoms with Crippen molar-refractivity contribution in [3.8, 4) is 0 Å². The Morgan fingerprint density at radius 3 is 2.48 bits per heavy atom. The van der Waals surface area contributed by atoms with Gasteiger partial charge in [-0.1, -0.05) is 12.1 Å². The molecule has 2 N–H and O–H groups in total. The Kier molecular flexibility index (Phi) is 9.12. The molecule has 2 aliphatic heterocycles. The second-order valence-corrected chi connectivity index (χ2v) is 11.0. The first kappa shape index (κ1) is 29.6. The minimum Gasteiger partial charge on any atom is -0.466 e. The highest BCUT2D eigenvalue weighted by molar-refractivity contribution is 6.01. The van der Waals surface area contributed by atoms with Crippen LogP contribution in [0.2, 0.25) is 0 Å². The Morgan fingerprint density at radius 2 is 1.83 bits per heavy atom. The standard InChI is InChI=1S/C30H35F2N5O5/c1-41-17-25-26(28(38)42-2)27(20-8-11-22(31)23(32)13-20)37(30(40)35-25)29(39)34-14-18-15-36(16-18)21-9-6-19(7-10-21)24-5-3-4-12-33-24/h3-5,8,11-13,18-19,21,27H,6-7,9-10,14-17H2,1-2H3,(H,34,39)(H,35,40)/t19?,21?,27-/m0/s1. The van der Waals surface area contributed by atoms with E-state index in [-0.39, 0.29) is 29.4 Å². The zero-order valence-electron chi connectivity index (χ0n) is 23.6. The van der Waals surface area contributed by atoms with Crippen LogP contribution in [0.15, 0.2) is 53.9 Å². The van der Waals surface area contributed by atoms with Gasteiger partial charge in [-0.3, -0.25) is 9.88 Å². The predicted octanol–water partition coefficient (Wildman–Crippen LogP) is 3.87. The van der Waals surface area contributed by atoms with Gasteiger partial charge in [0.25, 0.3) is 0 Å². The Balaban J connectivity index is 1.23. The number of carbonyl (C=O) groups is 3. The molecule has 10 nitrogen and oxygen atoms in total. The number of carbonyl (C=O) groups excluding carboxylic acids is 3. The summed E-state index contributed by atoms with van der Waals surface area (Å²) in [5.74, 6) is -2.44. The number of amides is 4. The Morgan fingerprint density at radius 1 is 1.07 bits per heavy atom. The number of nitrogens with one attached hydrogen (secondary N) is 2. The number of benzene rings is 1. The van der Waals surface area contributed by atoms with Crippen LogP contribution in [0, 0.1) is 17.6 Å². The van der Waals surface area contributed by atoms with Crippen molar-refractivity contribution in [2.24, 2.45) is 5.92 Å². The fraction of sp³-hybridized carbons (Fsp3) is 0.467. The Labute approximate surface area is 243 Å². The van der Waals surface area contributed by atoms with E-state index in [2.05, 4.69) is 26.6 Å². The molecule has 2 aromatic rings. The van der Waals surface area contributed by atoms with Crippen LogP contribution in [0.3, 0.4) is 0 Å². The van der Waals surface area contributed by atoms with E-state index in [1.165, 1.54) is 13.2 Å². The third-order valence-electron chi connectivity index (χ3n) is 8.35. The van der Waals surface area contributed by atoms with Crippen molar-refractivity contribution in [2.45, 2.75) is 43.7 Å². The first-order chi connectivity index (χ1) is 20.3. The molecule has 224 valence electrons. The molecule has 0 radical (unpaired) electrons. The van der Waals surface area contributed by atoms with E-state index < -0.39 is 35.7 Å². The molecular formula is C30H35F2N5O5. The largest absolute Gasteiger partial charge is 0.466 e. The van der Waals surface area contributed by atoms with Crippen LogP contribution < -0.4 is 10.6 Å². The summed E-state index contributed by atoms with van der Waals surface area (Å²) in [5, 5.41) is 5.32. The Bertz CT molecular complexity index is 1340. The summed E-state index contributed by atoms with van der Waals surface area (Å²) >= 11 is 0. The molecule has 0 spiro atoms. The highest BCUT2D eigenvalue weighted by Crippen LogP contribution is 2.37. The van der Waals surface area contributed by atoms with Crippen LogP contribution >= 0.6 is 0 Å². The molecule has 12 heteroatoms. The first-order valence-corrected chi connectivity index (χ1v) is 14.1. The van der Waals surface area contributed by atoms with Gasteiger partial charge in [-0.25, -0.2) is 28.1 Å². The predicted molar refractivity (Wildman–Crippen MR) is 148 cm³/mol. The maximum Gasteiger partial charge on any atom is 0.338 e. The second-order valence-electron chi connectivity index (χ2n) is 11.0. The van der Waals surface area contributed by atoms with Gasteiger partial charge < -0.3 is 20.1 Å². The monoisotopic (exact) mass is 583 g/mol. The van der Waals surface area contributed by atoms with Crippen LogP contribution in [0.5, 0.6) is 0 Å². The SMILES string of the molecule is COCC1=C(C(=O)OC)[C@H](c2ccc(F)c(F)c2)N(C(=O)NCC2CN(C3CCC(c4ccccn4)CC3)C2)C(=O)N1. The van der Waals surface area contributed by atoms with Crippen LogP contribution in [0.4, 0.5) is 18.4 Å². The summed E-state index contributed by atoms with van der Waals surface area (Å²) in [6.45, 7) is 1.79. The number of nitrogens with zero attached hydrogens (tertiary/aromatic N) is 3. The molecule has 5 rings (SSSR count). The van der Waals surface area contributed by atoms with Crippen molar-refractivity contribution in [3.63, 3.8) is 0 Å². The quantitative estimate of drug-likeness (QED) is 0.454. The number of imide groups is 1. The van der Waals surface area contributed by atoms with Gasteiger partial charge >= 0.3 is 18.0 Å². The molecule has 4 amide bonds. The molecule has 1 atom stereocenters. The minimum absolute atomic E-state index is 0.0315. The van der Waals surface area contributed by atoms with Gasteiger partial charge in [-0.05, 0) is 55.5 Å². The average Bonchev–Trinajstić information content (AvgIpc) is 2.98. The van der Waals surface area contributed by atoms with Crippen LogP contribution in [-0.2, 0) is 14.3 Å². The van der Waals surface area contributed by atoms with Gasteiger partial charge in [0.2, 0.25) is 0 Å². The lowest BCUT2D eigenvalue weighted by Gasteiger charge is -2.47. The molecule has 3 aliphatic rings. The molecule has 3 heterocycles. The molecule has 1 saturated carbocycles. The van der Waals surface area contributed by atoms with E-state index in [9.17, 15) is 23.2 Å². The number of likely N-dealkylation sites (tertiary alicyclic amines) is 1. The zero-order valence-corrected chi connectivity index (χ0v) is 23.6. The number of halogens is 2. The van der Waals surface area contributed by atoms with E-state index in [4.69, 9.17) is 9.47 Å². The van der Waals surface area contributed by atoms with E-state index in [1.807, 2.05) is 18.3 Å². The van der Waals surface area contributed by atoms with Gasteiger partial charge in [0, 0.05) is 56.5 Å². The average molecular weight is 584 g/mol. The molecule has 1 saturated heterocycles. The normalized spacial score (nSPS) is 23.3. The number of hydrogen-bond acceptors (Lipinski definition) is 7. The molecule has 1 aromatic carbocycles. The molecule has 0 bridgehead atoms. The lowest BCUT2D eigenvalue weighted by Crippen LogP contribution is -2.59. The maximum absolute atomic E-state index is 14.3. The number of urea groups is 2. The summed E-state index contributed by atoms with van der Waals surface area (Å²) in [7, 11) is 2.52. The van der Waals surface area contributed by atoms with Crippen molar-refractivity contribution in [2.75, 3.05) is 40.5 Å². The fourth-order valence-corrected chi connectivity index (χ4v) is 6.19. The lowest BCUT2D eigenvalue weighted by atomic mass is 9.81. The highest BCUT2D eigenvalue weighted by atomic mass is 19.2. The van der Waals surface area contributed by atoms with Crippen LogP contribution in [-0.4, -0.2) is 79.3 Å². The lowest BCUT2D eigenvalue weighted by molar-refractivity contribution is -0.137. The van der Waals surface area contributed by atoms with E-state index in [0.29, 0.717) is 18.5 Å². The number of pyridine rings is 1. The van der Waals surface area contributed by atoms with Crippen molar-refractivity contribution in [1.82, 2.24) is 25.4 Å². The number of esters is 1. The summed E-state index contributed by atoms with van der Waals surface area (Å²) < 4.78 is 38.1. The third-order valence-corrected chi connectivity index (χ3v) is 8.35. The molecular weight excluding hydrogens is 548 g/mol. The van der Waals surface area contributed by atoms with Crippen molar-refractivity contribution >= 4 is 18.0 Å². The summed E-state index contributed by atoms with van der Waals surface area (Å²) in [5.41, 5.74) is 1.14. The van der Waals surface area contributed by atoms with Crippen molar-refractivity contribution < 1.29 is 32.6 Å². The number of hydrogen-bond donors (Lipinski definition) is 2. The molecule has 1 aromatic heterocycles. The number of ether oxygens (including phenoxy) is 2. The van der Waals surface area contributed by atoms with Crippen LogP contribution in [0.25, 0.3) is 0 Å². The third kappa shape index (κ3) is 6.14. The molecule has 42 heavy (non-hydrogen) atoms. The van der Waals surface area contributed by atoms with Crippen molar-refractivity contribution in [1.29, 1.82) is 0 Å². The highest BCUT2D eigenvalue weighted by Gasteiger charge is 2.44. The number of aromatic nitrogens is 1. The van der Waals surface area contributed by atoms with Gasteiger partial charge in [-0.2, -0.15) is 0 Å².